The van der Waals surface area contributed by atoms with E-state index in [1.54, 1.807) is 0 Å². The lowest BCUT2D eigenvalue weighted by molar-refractivity contribution is -0.0495. The summed E-state index contributed by atoms with van der Waals surface area (Å²) in [4.78, 5) is 2.21. The van der Waals surface area contributed by atoms with Crippen molar-refractivity contribution in [3.63, 3.8) is 0 Å². The number of hydrogen-bond acceptors (Lipinski definition) is 2. The Morgan fingerprint density at radius 2 is 1.52 bits per heavy atom. The maximum Gasteiger partial charge on any atom is 0.0805 e. The fraction of sp³-hybridized carbons (Fsp3) is 0.684. The van der Waals surface area contributed by atoms with Crippen LogP contribution in [0.4, 0.5) is 0 Å². The van der Waals surface area contributed by atoms with E-state index in [-0.39, 0.29) is 6.04 Å². The number of rotatable bonds is 10. The van der Waals surface area contributed by atoms with Gasteiger partial charge in [-0.05, 0) is 38.9 Å². The van der Waals surface area contributed by atoms with Crippen molar-refractivity contribution < 1.29 is 5.11 Å². The number of likely N-dealkylation sites (N-methyl/N-ethyl adjacent to an activating group) is 1. The first-order valence-corrected chi connectivity index (χ1v) is 8.46. The lowest BCUT2D eigenvalue weighted by atomic mass is 9.80. The zero-order valence-electron chi connectivity index (χ0n) is 14.3. The van der Waals surface area contributed by atoms with E-state index >= 15 is 0 Å². The summed E-state index contributed by atoms with van der Waals surface area (Å²) in [5.74, 6) is 0. The van der Waals surface area contributed by atoms with Gasteiger partial charge in [0, 0.05) is 6.04 Å². The van der Waals surface area contributed by atoms with Crippen LogP contribution in [0.5, 0.6) is 0 Å². The van der Waals surface area contributed by atoms with Crippen molar-refractivity contribution in [3.05, 3.63) is 35.9 Å². The van der Waals surface area contributed by atoms with Gasteiger partial charge in [-0.2, -0.15) is 0 Å². The van der Waals surface area contributed by atoms with Crippen LogP contribution in [0.1, 0.15) is 57.9 Å². The normalized spacial score (nSPS) is 13.6. The molecule has 1 N–H and O–H groups in total. The summed E-state index contributed by atoms with van der Waals surface area (Å²) in [6, 6.07) is 10.7. The second kappa shape index (κ2) is 9.22. The van der Waals surface area contributed by atoms with Crippen LogP contribution in [0.15, 0.2) is 30.3 Å². The molecule has 2 nitrogen and oxygen atoms in total. The molecular weight excluding hydrogens is 258 g/mol. The molecule has 2 heteroatoms. The summed E-state index contributed by atoms with van der Waals surface area (Å²) in [7, 11) is 4.19. The highest BCUT2D eigenvalue weighted by Crippen LogP contribution is 2.30. The molecule has 1 atom stereocenters. The van der Waals surface area contributed by atoms with Gasteiger partial charge in [-0.1, -0.05) is 69.9 Å². The lowest BCUT2D eigenvalue weighted by Gasteiger charge is -2.41. The average molecular weight is 291 g/mol. The Labute approximate surface area is 131 Å². The Hall–Kier alpha value is -0.860. The predicted octanol–water partition coefficient (Wildman–Crippen LogP) is 4.27. The minimum atomic E-state index is -0.578. The summed E-state index contributed by atoms with van der Waals surface area (Å²) in [5, 5.41) is 11.3. The molecule has 0 amide bonds. The van der Waals surface area contributed by atoms with Crippen molar-refractivity contribution in [1.29, 1.82) is 0 Å². The van der Waals surface area contributed by atoms with E-state index in [2.05, 4.69) is 63.2 Å². The number of nitrogens with zero attached hydrogens (tertiary/aromatic N) is 1. The molecule has 1 aromatic rings. The molecule has 0 fully saturated rings. The molecule has 0 saturated carbocycles. The van der Waals surface area contributed by atoms with Gasteiger partial charge in [-0.15, -0.1) is 0 Å². The highest BCUT2D eigenvalue weighted by Gasteiger charge is 2.36. The first-order chi connectivity index (χ1) is 10.0. The van der Waals surface area contributed by atoms with Gasteiger partial charge in [0.25, 0.3) is 0 Å². The molecule has 120 valence electrons. The van der Waals surface area contributed by atoms with Crippen LogP contribution in [-0.2, 0) is 6.42 Å². The van der Waals surface area contributed by atoms with E-state index in [4.69, 9.17) is 0 Å². The molecule has 0 bridgehead atoms. The van der Waals surface area contributed by atoms with Gasteiger partial charge in [0.1, 0.15) is 0 Å². The third-order valence-corrected chi connectivity index (χ3v) is 4.44. The van der Waals surface area contributed by atoms with Crippen LogP contribution in [-0.4, -0.2) is 35.7 Å². The molecule has 0 spiro atoms. The van der Waals surface area contributed by atoms with Crippen LogP contribution < -0.4 is 0 Å². The molecule has 0 radical (unpaired) electrons. The van der Waals surface area contributed by atoms with Crippen LogP contribution in [0, 0.1) is 0 Å². The highest BCUT2D eigenvalue weighted by atomic mass is 16.3. The third kappa shape index (κ3) is 5.80. The van der Waals surface area contributed by atoms with Crippen LogP contribution >= 0.6 is 0 Å². The lowest BCUT2D eigenvalue weighted by Crippen LogP contribution is -2.51. The van der Waals surface area contributed by atoms with Gasteiger partial charge in [0.15, 0.2) is 0 Å². The maximum absolute atomic E-state index is 11.3. The quantitative estimate of drug-likeness (QED) is 0.696. The van der Waals surface area contributed by atoms with E-state index in [0.29, 0.717) is 0 Å². The van der Waals surface area contributed by atoms with Gasteiger partial charge >= 0.3 is 0 Å². The van der Waals surface area contributed by atoms with Gasteiger partial charge in [0.2, 0.25) is 0 Å². The summed E-state index contributed by atoms with van der Waals surface area (Å²) in [6.45, 7) is 4.39. The molecule has 0 aliphatic carbocycles. The first-order valence-electron chi connectivity index (χ1n) is 8.46. The molecule has 21 heavy (non-hydrogen) atoms. The molecule has 0 saturated heterocycles. The molecule has 1 aromatic carbocycles. The van der Waals surface area contributed by atoms with Crippen molar-refractivity contribution in [1.82, 2.24) is 4.90 Å². The standard InChI is InChI=1S/C19H33NO/c1-5-7-14-19(21,15-8-6-2)18(20(3)4)16-17-12-10-9-11-13-17/h9-13,18,21H,5-8,14-16H2,1-4H3. The average Bonchev–Trinajstić information content (AvgIpc) is 2.49. The van der Waals surface area contributed by atoms with Crippen LogP contribution in [0.2, 0.25) is 0 Å². The molecule has 0 aliphatic heterocycles. The van der Waals surface area contributed by atoms with Crippen LogP contribution in [0.3, 0.4) is 0 Å². The molecule has 0 aromatic heterocycles. The van der Waals surface area contributed by atoms with Gasteiger partial charge in [-0.3, -0.25) is 0 Å². The molecular formula is C19H33NO. The summed E-state index contributed by atoms with van der Waals surface area (Å²) >= 11 is 0. The zero-order valence-corrected chi connectivity index (χ0v) is 14.3. The Morgan fingerprint density at radius 1 is 1.00 bits per heavy atom. The number of hydrogen-bond donors (Lipinski definition) is 1. The van der Waals surface area contributed by atoms with Crippen molar-refractivity contribution >= 4 is 0 Å². The Bertz CT molecular complexity index is 366. The van der Waals surface area contributed by atoms with E-state index < -0.39 is 5.60 Å². The SMILES string of the molecule is CCCCC(O)(CCCC)C(Cc1ccccc1)N(C)C. The van der Waals surface area contributed by atoms with E-state index in [9.17, 15) is 5.11 Å². The number of aliphatic hydroxyl groups is 1. The van der Waals surface area contributed by atoms with Crippen molar-refractivity contribution in [3.8, 4) is 0 Å². The zero-order chi connectivity index (χ0) is 15.7. The summed E-state index contributed by atoms with van der Waals surface area (Å²) < 4.78 is 0. The summed E-state index contributed by atoms with van der Waals surface area (Å²) in [6.07, 6.45) is 7.19. The van der Waals surface area contributed by atoms with E-state index in [0.717, 1.165) is 44.9 Å². The molecule has 1 unspecified atom stereocenters. The Morgan fingerprint density at radius 3 is 1.95 bits per heavy atom. The Balaban J connectivity index is 2.90. The fourth-order valence-electron chi connectivity index (χ4n) is 3.11. The minimum absolute atomic E-state index is 0.179. The maximum atomic E-state index is 11.3. The number of unbranched alkanes of at least 4 members (excludes halogenated alkanes) is 2. The molecule has 0 heterocycles. The van der Waals surface area contributed by atoms with Crippen molar-refractivity contribution in [2.75, 3.05) is 14.1 Å². The second-order valence-corrected chi connectivity index (χ2v) is 6.48. The van der Waals surface area contributed by atoms with E-state index in [1.807, 2.05) is 0 Å². The first kappa shape index (κ1) is 18.2. The van der Waals surface area contributed by atoms with Gasteiger partial charge < -0.3 is 10.0 Å². The molecule has 0 aliphatic rings. The Kier molecular flexibility index (Phi) is 7.98. The smallest absolute Gasteiger partial charge is 0.0805 e. The van der Waals surface area contributed by atoms with E-state index in [1.165, 1.54) is 5.56 Å². The summed E-state index contributed by atoms with van der Waals surface area (Å²) in [5.41, 5.74) is 0.730. The van der Waals surface area contributed by atoms with Crippen molar-refractivity contribution in [2.24, 2.45) is 0 Å². The van der Waals surface area contributed by atoms with Gasteiger partial charge in [0.05, 0.1) is 5.60 Å². The predicted molar refractivity (Wildman–Crippen MR) is 91.6 cm³/mol. The monoisotopic (exact) mass is 291 g/mol. The molecule has 1 rings (SSSR count). The fourth-order valence-corrected chi connectivity index (χ4v) is 3.11. The highest BCUT2D eigenvalue weighted by molar-refractivity contribution is 5.17. The largest absolute Gasteiger partial charge is 0.388 e. The van der Waals surface area contributed by atoms with Gasteiger partial charge in [-0.25, -0.2) is 0 Å². The second-order valence-electron chi connectivity index (χ2n) is 6.48. The minimum Gasteiger partial charge on any atom is -0.388 e. The third-order valence-electron chi connectivity index (χ3n) is 4.44. The van der Waals surface area contributed by atoms with Crippen molar-refractivity contribution in [2.45, 2.75) is 70.4 Å². The van der Waals surface area contributed by atoms with Crippen LogP contribution in [0.25, 0.3) is 0 Å². The topological polar surface area (TPSA) is 23.5 Å². The number of benzene rings is 1.